The second kappa shape index (κ2) is 6.02. The van der Waals surface area contributed by atoms with Crippen molar-refractivity contribution in [2.24, 2.45) is 0 Å². The predicted molar refractivity (Wildman–Crippen MR) is 55.1 cm³/mol. The van der Waals surface area contributed by atoms with Crippen LogP contribution >= 0.6 is 0 Å². The lowest BCUT2D eigenvalue weighted by Gasteiger charge is -2.06. The molecule has 0 unspecified atom stereocenters. The molecule has 88 valence electrons. The van der Waals surface area contributed by atoms with Crippen LogP contribution in [0, 0.1) is 11.6 Å². The van der Waals surface area contributed by atoms with Gasteiger partial charge >= 0.3 is 6.03 Å². The van der Waals surface area contributed by atoms with Crippen LogP contribution in [0.4, 0.5) is 19.3 Å². The van der Waals surface area contributed by atoms with Crippen LogP contribution in [0.1, 0.15) is 6.42 Å². The number of rotatable bonds is 4. The number of urea groups is 1. The fourth-order valence-electron chi connectivity index (χ4n) is 1.03. The van der Waals surface area contributed by atoms with Gasteiger partial charge < -0.3 is 15.7 Å². The minimum atomic E-state index is -1.02. The van der Waals surface area contributed by atoms with Crippen LogP contribution in [-0.4, -0.2) is 24.3 Å². The Hall–Kier alpha value is -1.69. The van der Waals surface area contributed by atoms with E-state index in [4.69, 9.17) is 5.11 Å². The van der Waals surface area contributed by atoms with E-state index >= 15 is 0 Å². The summed E-state index contributed by atoms with van der Waals surface area (Å²) in [7, 11) is 0. The predicted octanol–water partition coefficient (Wildman–Crippen LogP) is 1.47. The van der Waals surface area contributed by atoms with Gasteiger partial charge in [-0.2, -0.15) is 0 Å². The van der Waals surface area contributed by atoms with Crippen LogP contribution in [0.25, 0.3) is 0 Å². The molecule has 0 aliphatic rings. The number of anilines is 1. The second-order valence-electron chi connectivity index (χ2n) is 3.09. The molecule has 2 amide bonds. The SMILES string of the molecule is O=C(NCCCO)Nc1ccc(F)c(F)c1. The van der Waals surface area contributed by atoms with Gasteiger partial charge in [-0.05, 0) is 18.6 Å². The van der Waals surface area contributed by atoms with Crippen LogP contribution in [0.3, 0.4) is 0 Å². The van der Waals surface area contributed by atoms with E-state index in [1.54, 1.807) is 0 Å². The Morgan fingerprint density at radius 3 is 2.69 bits per heavy atom. The van der Waals surface area contributed by atoms with Crippen molar-refractivity contribution in [3.8, 4) is 0 Å². The molecule has 1 rings (SSSR count). The number of carbonyl (C=O) groups excluding carboxylic acids is 1. The highest BCUT2D eigenvalue weighted by molar-refractivity contribution is 5.89. The number of amides is 2. The summed E-state index contributed by atoms with van der Waals surface area (Å²) in [6.45, 7) is 0.289. The van der Waals surface area contributed by atoms with E-state index in [1.807, 2.05) is 0 Å². The van der Waals surface area contributed by atoms with Crippen LogP contribution in [0.15, 0.2) is 18.2 Å². The van der Waals surface area contributed by atoms with Crippen LogP contribution in [-0.2, 0) is 0 Å². The average molecular weight is 230 g/mol. The maximum Gasteiger partial charge on any atom is 0.319 e. The number of hydrogen-bond acceptors (Lipinski definition) is 2. The highest BCUT2D eigenvalue weighted by Gasteiger charge is 2.05. The quantitative estimate of drug-likeness (QED) is 0.686. The molecule has 1 aromatic rings. The lowest BCUT2D eigenvalue weighted by atomic mass is 10.3. The molecule has 0 fully saturated rings. The molecule has 0 saturated carbocycles. The zero-order chi connectivity index (χ0) is 12.0. The van der Waals surface area contributed by atoms with Gasteiger partial charge in [-0.25, -0.2) is 13.6 Å². The number of nitrogens with one attached hydrogen (secondary N) is 2. The monoisotopic (exact) mass is 230 g/mol. The number of hydrogen-bond donors (Lipinski definition) is 3. The minimum absolute atomic E-state index is 0.0224. The molecule has 0 heterocycles. The lowest BCUT2D eigenvalue weighted by Crippen LogP contribution is -2.29. The molecule has 0 atom stereocenters. The number of carbonyl (C=O) groups is 1. The number of halogens is 2. The molecule has 0 saturated heterocycles. The molecule has 16 heavy (non-hydrogen) atoms. The molecule has 0 aromatic heterocycles. The molecule has 0 bridgehead atoms. The first-order valence-electron chi connectivity index (χ1n) is 4.74. The fraction of sp³-hybridized carbons (Fsp3) is 0.300. The summed E-state index contributed by atoms with van der Waals surface area (Å²) in [5.41, 5.74) is 0.167. The van der Waals surface area contributed by atoms with Gasteiger partial charge in [0.2, 0.25) is 0 Å². The molecule has 0 aliphatic heterocycles. The van der Waals surface area contributed by atoms with Gasteiger partial charge in [-0.15, -0.1) is 0 Å². The van der Waals surface area contributed by atoms with E-state index in [1.165, 1.54) is 6.07 Å². The molecule has 0 aliphatic carbocycles. The van der Waals surface area contributed by atoms with Crippen molar-refractivity contribution in [2.45, 2.75) is 6.42 Å². The van der Waals surface area contributed by atoms with Gasteiger partial charge in [0.05, 0.1) is 0 Å². The normalized spacial score (nSPS) is 9.94. The number of aliphatic hydroxyl groups excluding tert-OH is 1. The topological polar surface area (TPSA) is 61.4 Å². The maximum absolute atomic E-state index is 12.8. The molecule has 3 N–H and O–H groups in total. The van der Waals surface area contributed by atoms with Gasteiger partial charge in [-0.3, -0.25) is 0 Å². The second-order valence-corrected chi connectivity index (χ2v) is 3.09. The summed E-state index contributed by atoms with van der Waals surface area (Å²) >= 11 is 0. The zero-order valence-electron chi connectivity index (χ0n) is 8.46. The van der Waals surface area contributed by atoms with Gasteiger partial charge in [0.25, 0.3) is 0 Å². The van der Waals surface area contributed by atoms with Crippen LogP contribution in [0.2, 0.25) is 0 Å². The summed E-state index contributed by atoms with van der Waals surface area (Å²) in [4.78, 5) is 11.2. The van der Waals surface area contributed by atoms with E-state index in [9.17, 15) is 13.6 Å². The molecule has 1 aromatic carbocycles. The largest absolute Gasteiger partial charge is 0.396 e. The van der Waals surface area contributed by atoms with Gasteiger partial charge in [-0.1, -0.05) is 0 Å². The van der Waals surface area contributed by atoms with Gasteiger partial charge in [0.15, 0.2) is 11.6 Å². The highest BCUT2D eigenvalue weighted by atomic mass is 19.2. The third-order valence-corrected chi connectivity index (χ3v) is 1.80. The Bertz CT molecular complexity index is 372. The minimum Gasteiger partial charge on any atom is -0.396 e. The van der Waals surface area contributed by atoms with Crippen molar-refractivity contribution in [2.75, 3.05) is 18.5 Å². The summed E-state index contributed by atoms with van der Waals surface area (Å²) < 4.78 is 25.3. The van der Waals surface area contributed by atoms with Crippen LogP contribution in [0.5, 0.6) is 0 Å². The molecular formula is C10H12F2N2O2. The third-order valence-electron chi connectivity index (χ3n) is 1.80. The third kappa shape index (κ3) is 3.82. The lowest BCUT2D eigenvalue weighted by molar-refractivity contribution is 0.249. The Labute approximate surface area is 91.3 Å². The van der Waals surface area contributed by atoms with Crippen molar-refractivity contribution >= 4 is 11.7 Å². The van der Waals surface area contributed by atoms with Gasteiger partial charge in [0.1, 0.15) is 0 Å². The molecule has 0 radical (unpaired) electrons. The molecular weight excluding hydrogens is 218 g/mol. The van der Waals surface area contributed by atoms with E-state index in [2.05, 4.69) is 10.6 Å². The smallest absolute Gasteiger partial charge is 0.319 e. The average Bonchev–Trinajstić information content (AvgIpc) is 2.24. The van der Waals surface area contributed by atoms with E-state index < -0.39 is 17.7 Å². The highest BCUT2D eigenvalue weighted by Crippen LogP contribution is 2.12. The molecule has 0 spiro atoms. The summed E-state index contributed by atoms with van der Waals surface area (Å²) in [6, 6.07) is 2.54. The van der Waals surface area contributed by atoms with Crippen molar-refractivity contribution in [3.63, 3.8) is 0 Å². The van der Waals surface area contributed by atoms with Crippen molar-refractivity contribution in [1.29, 1.82) is 0 Å². The first-order chi connectivity index (χ1) is 7.63. The zero-order valence-corrected chi connectivity index (χ0v) is 8.46. The van der Waals surface area contributed by atoms with Crippen LogP contribution < -0.4 is 10.6 Å². The first-order valence-corrected chi connectivity index (χ1v) is 4.74. The number of aliphatic hydroxyl groups is 1. The summed E-state index contributed by atoms with van der Waals surface area (Å²) in [6.07, 6.45) is 0.436. The fourth-order valence-corrected chi connectivity index (χ4v) is 1.03. The van der Waals surface area contributed by atoms with Crippen molar-refractivity contribution in [3.05, 3.63) is 29.8 Å². The Morgan fingerprint density at radius 2 is 2.06 bits per heavy atom. The van der Waals surface area contributed by atoms with E-state index in [0.29, 0.717) is 13.0 Å². The van der Waals surface area contributed by atoms with E-state index in [0.717, 1.165) is 12.1 Å². The van der Waals surface area contributed by atoms with Crippen molar-refractivity contribution in [1.82, 2.24) is 5.32 Å². The molecule has 6 heteroatoms. The molecule has 4 nitrogen and oxygen atoms in total. The maximum atomic E-state index is 12.8. The van der Waals surface area contributed by atoms with E-state index in [-0.39, 0.29) is 12.3 Å². The summed E-state index contributed by atoms with van der Waals surface area (Å²) in [5.74, 6) is -1.99. The van der Waals surface area contributed by atoms with Crippen molar-refractivity contribution < 1.29 is 18.7 Å². The first kappa shape index (κ1) is 12.4. The Balaban J connectivity index is 2.46. The Morgan fingerprint density at radius 1 is 1.31 bits per heavy atom. The Kier molecular flexibility index (Phi) is 4.65. The standard InChI is InChI=1S/C10H12F2N2O2/c11-8-3-2-7(6-9(8)12)14-10(16)13-4-1-5-15/h2-3,6,15H,1,4-5H2,(H2,13,14,16). The van der Waals surface area contributed by atoms with Gasteiger partial charge in [0, 0.05) is 24.9 Å². The summed E-state index contributed by atoms with van der Waals surface area (Å²) in [5, 5.41) is 13.2. The number of benzene rings is 1.